The SMILES string of the molecule is CC(CCc1ccccc1)n1c(CCl)nc2cnccc21. The van der Waals surface area contributed by atoms with Crippen LogP contribution in [0.25, 0.3) is 11.0 Å². The van der Waals surface area contributed by atoms with Crippen LogP contribution in [-0.2, 0) is 12.3 Å². The monoisotopic (exact) mass is 299 g/mol. The molecule has 1 aromatic carbocycles. The summed E-state index contributed by atoms with van der Waals surface area (Å²) in [6, 6.07) is 12.9. The fourth-order valence-electron chi connectivity index (χ4n) is 2.74. The van der Waals surface area contributed by atoms with Crippen molar-refractivity contribution in [2.24, 2.45) is 0 Å². The predicted octanol–water partition coefficient (Wildman–Crippen LogP) is 4.36. The van der Waals surface area contributed by atoms with E-state index in [0.717, 1.165) is 29.7 Å². The smallest absolute Gasteiger partial charge is 0.125 e. The number of alkyl halides is 1. The number of halogens is 1. The molecule has 0 bridgehead atoms. The van der Waals surface area contributed by atoms with E-state index >= 15 is 0 Å². The van der Waals surface area contributed by atoms with Crippen molar-refractivity contribution in [3.05, 3.63) is 60.2 Å². The molecule has 0 aliphatic heterocycles. The first-order chi connectivity index (χ1) is 10.3. The third-order valence-electron chi connectivity index (χ3n) is 3.82. The molecule has 3 nitrogen and oxygen atoms in total. The summed E-state index contributed by atoms with van der Waals surface area (Å²) in [4.78, 5) is 8.71. The molecule has 0 radical (unpaired) electrons. The van der Waals surface area contributed by atoms with Gasteiger partial charge < -0.3 is 4.57 Å². The molecule has 0 saturated heterocycles. The van der Waals surface area contributed by atoms with E-state index in [2.05, 4.69) is 51.8 Å². The molecule has 0 N–H and O–H groups in total. The number of aryl methyl sites for hydroxylation is 1. The molecule has 0 aliphatic carbocycles. The maximum absolute atomic E-state index is 6.06. The fraction of sp³-hybridized carbons (Fsp3) is 0.294. The summed E-state index contributed by atoms with van der Waals surface area (Å²) in [5.41, 5.74) is 3.39. The summed E-state index contributed by atoms with van der Waals surface area (Å²) >= 11 is 6.06. The average molecular weight is 300 g/mol. The summed E-state index contributed by atoms with van der Waals surface area (Å²) < 4.78 is 2.24. The van der Waals surface area contributed by atoms with Crippen molar-refractivity contribution in [3.63, 3.8) is 0 Å². The molecule has 0 fully saturated rings. The van der Waals surface area contributed by atoms with Gasteiger partial charge in [-0.25, -0.2) is 4.98 Å². The zero-order valence-electron chi connectivity index (χ0n) is 12.0. The summed E-state index contributed by atoms with van der Waals surface area (Å²) in [7, 11) is 0. The van der Waals surface area contributed by atoms with E-state index < -0.39 is 0 Å². The molecule has 4 heteroatoms. The van der Waals surface area contributed by atoms with Crippen molar-refractivity contribution in [2.45, 2.75) is 31.7 Å². The van der Waals surface area contributed by atoms with Gasteiger partial charge in [0.15, 0.2) is 0 Å². The number of benzene rings is 1. The number of fused-ring (bicyclic) bond motifs is 1. The van der Waals surface area contributed by atoms with Crippen LogP contribution in [0.5, 0.6) is 0 Å². The highest BCUT2D eigenvalue weighted by atomic mass is 35.5. The number of rotatable bonds is 5. The van der Waals surface area contributed by atoms with Crippen molar-refractivity contribution in [1.29, 1.82) is 0 Å². The lowest BCUT2D eigenvalue weighted by Gasteiger charge is -2.17. The number of nitrogens with zero attached hydrogens (tertiary/aromatic N) is 3. The van der Waals surface area contributed by atoms with Crippen LogP contribution >= 0.6 is 11.6 Å². The molecule has 1 atom stereocenters. The second-order valence-corrected chi connectivity index (χ2v) is 5.54. The molecule has 0 spiro atoms. The van der Waals surface area contributed by atoms with Gasteiger partial charge in [-0.2, -0.15) is 0 Å². The van der Waals surface area contributed by atoms with Crippen LogP contribution < -0.4 is 0 Å². The summed E-state index contributed by atoms with van der Waals surface area (Å²) in [5, 5.41) is 0. The molecule has 2 heterocycles. The van der Waals surface area contributed by atoms with Gasteiger partial charge in [-0.3, -0.25) is 4.98 Å². The largest absolute Gasteiger partial charge is 0.324 e. The summed E-state index contributed by atoms with van der Waals surface area (Å²) in [5.74, 6) is 1.34. The lowest BCUT2D eigenvalue weighted by atomic mass is 10.1. The van der Waals surface area contributed by atoms with E-state index in [1.807, 2.05) is 12.3 Å². The predicted molar refractivity (Wildman–Crippen MR) is 86.6 cm³/mol. The van der Waals surface area contributed by atoms with Gasteiger partial charge in [0.1, 0.15) is 11.3 Å². The minimum absolute atomic E-state index is 0.353. The topological polar surface area (TPSA) is 30.7 Å². The Labute approximate surface area is 129 Å². The highest BCUT2D eigenvalue weighted by molar-refractivity contribution is 6.16. The Balaban J connectivity index is 1.85. The normalized spacial score (nSPS) is 12.7. The Bertz CT molecular complexity index is 721. The second kappa shape index (κ2) is 6.27. The van der Waals surface area contributed by atoms with E-state index in [1.165, 1.54) is 5.56 Å². The third-order valence-corrected chi connectivity index (χ3v) is 4.06. The lowest BCUT2D eigenvalue weighted by Crippen LogP contribution is -2.09. The molecule has 3 rings (SSSR count). The Morgan fingerprint density at radius 3 is 2.76 bits per heavy atom. The van der Waals surface area contributed by atoms with E-state index in [-0.39, 0.29) is 0 Å². The summed E-state index contributed by atoms with van der Waals surface area (Å²) in [6.45, 7) is 2.22. The summed E-state index contributed by atoms with van der Waals surface area (Å²) in [6.07, 6.45) is 5.71. The van der Waals surface area contributed by atoms with Gasteiger partial charge in [0, 0.05) is 12.2 Å². The lowest BCUT2D eigenvalue weighted by molar-refractivity contribution is 0.506. The Morgan fingerprint density at radius 1 is 1.19 bits per heavy atom. The molecule has 21 heavy (non-hydrogen) atoms. The molecule has 1 unspecified atom stereocenters. The van der Waals surface area contributed by atoms with Crippen LogP contribution in [0.1, 0.15) is 30.8 Å². The van der Waals surface area contributed by atoms with Crippen molar-refractivity contribution < 1.29 is 0 Å². The second-order valence-electron chi connectivity index (χ2n) is 5.27. The first kappa shape index (κ1) is 14.1. The van der Waals surface area contributed by atoms with Gasteiger partial charge in [0.2, 0.25) is 0 Å². The zero-order chi connectivity index (χ0) is 14.7. The molecule has 0 saturated carbocycles. The molecule has 3 aromatic rings. The number of pyridine rings is 1. The average Bonchev–Trinajstić information content (AvgIpc) is 2.92. The minimum Gasteiger partial charge on any atom is -0.324 e. The molecule has 0 aliphatic rings. The van der Waals surface area contributed by atoms with Crippen LogP contribution in [0.3, 0.4) is 0 Å². The molecule has 2 aromatic heterocycles. The number of imidazole rings is 1. The highest BCUT2D eigenvalue weighted by Crippen LogP contribution is 2.24. The standard InChI is InChI=1S/C17H18ClN3/c1-13(7-8-14-5-3-2-4-6-14)21-16-9-10-19-12-15(16)20-17(21)11-18/h2-6,9-10,12-13H,7-8,11H2,1H3. The quantitative estimate of drug-likeness (QED) is 0.655. The van der Waals surface area contributed by atoms with Crippen molar-refractivity contribution >= 4 is 22.6 Å². The van der Waals surface area contributed by atoms with Gasteiger partial charge in [-0.05, 0) is 31.4 Å². The van der Waals surface area contributed by atoms with Gasteiger partial charge >= 0.3 is 0 Å². The zero-order valence-corrected chi connectivity index (χ0v) is 12.8. The van der Waals surface area contributed by atoms with Crippen molar-refractivity contribution in [2.75, 3.05) is 0 Å². The molecule has 108 valence electrons. The van der Waals surface area contributed by atoms with E-state index in [4.69, 9.17) is 11.6 Å². The Kier molecular flexibility index (Phi) is 4.20. The number of hydrogen-bond donors (Lipinski definition) is 0. The van der Waals surface area contributed by atoms with Crippen LogP contribution in [-0.4, -0.2) is 14.5 Å². The van der Waals surface area contributed by atoms with Gasteiger partial charge in [-0.15, -0.1) is 11.6 Å². The number of aromatic nitrogens is 3. The van der Waals surface area contributed by atoms with Crippen LogP contribution in [0.2, 0.25) is 0 Å². The van der Waals surface area contributed by atoms with Crippen molar-refractivity contribution in [1.82, 2.24) is 14.5 Å². The first-order valence-electron chi connectivity index (χ1n) is 7.20. The highest BCUT2D eigenvalue weighted by Gasteiger charge is 2.15. The van der Waals surface area contributed by atoms with Crippen LogP contribution in [0.15, 0.2) is 48.8 Å². The van der Waals surface area contributed by atoms with E-state index in [9.17, 15) is 0 Å². The van der Waals surface area contributed by atoms with Crippen LogP contribution in [0, 0.1) is 0 Å². The van der Waals surface area contributed by atoms with Crippen LogP contribution in [0.4, 0.5) is 0 Å². The molecular formula is C17H18ClN3. The molecular weight excluding hydrogens is 282 g/mol. The first-order valence-corrected chi connectivity index (χ1v) is 7.73. The maximum Gasteiger partial charge on any atom is 0.125 e. The third kappa shape index (κ3) is 2.93. The molecule has 0 amide bonds. The minimum atomic E-state index is 0.353. The van der Waals surface area contributed by atoms with E-state index in [1.54, 1.807) is 6.20 Å². The Morgan fingerprint density at radius 2 is 2.00 bits per heavy atom. The van der Waals surface area contributed by atoms with Crippen molar-refractivity contribution in [3.8, 4) is 0 Å². The van der Waals surface area contributed by atoms with Gasteiger partial charge in [0.25, 0.3) is 0 Å². The fourth-order valence-corrected chi connectivity index (χ4v) is 2.92. The van der Waals surface area contributed by atoms with E-state index in [0.29, 0.717) is 11.9 Å². The maximum atomic E-state index is 6.06. The Hall–Kier alpha value is -1.87. The van der Waals surface area contributed by atoms with Gasteiger partial charge in [0.05, 0.1) is 17.6 Å². The van der Waals surface area contributed by atoms with Gasteiger partial charge in [-0.1, -0.05) is 30.3 Å². The number of hydrogen-bond acceptors (Lipinski definition) is 2.